The van der Waals surface area contributed by atoms with E-state index >= 15 is 0 Å². The van der Waals surface area contributed by atoms with Crippen molar-refractivity contribution in [3.8, 4) is 11.8 Å². The van der Waals surface area contributed by atoms with E-state index in [2.05, 4.69) is 21.4 Å². The van der Waals surface area contributed by atoms with Gasteiger partial charge in [0.2, 0.25) is 5.91 Å². The molecule has 6 nitrogen and oxygen atoms in total. The molecule has 3 aromatic rings. The van der Waals surface area contributed by atoms with Crippen molar-refractivity contribution in [2.24, 2.45) is 0 Å². The number of para-hydroxylation sites is 1. The number of nitrogens with zero attached hydrogens (tertiary/aromatic N) is 2. The molecule has 0 aliphatic heterocycles. The first-order chi connectivity index (χ1) is 12.6. The summed E-state index contributed by atoms with van der Waals surface area (Å²) in [6.07, 6.45) is 0. The van der Waals surface area contributed by atoms with E-state index in [9.17, 15) is 4.79 Å². The summed E-state index contributed by atoms with van der Waals surface area (Å²) in [5.41, 5.74) is 2.63. The molecule has 0 saturated heterocycles. The van der Waals surface area contributed by atoms with E-state index in [0.29, 0.717) is 23.0 Å². The van der Waals surface area contributed by atoms with Gasteiger partial charge in [0, 0.05) is 6.07 Å². The monoisotopic (exact) mass is 366 g/mol. The Hall–Kier alpha value is -2.98. The van der Waals surface area contributed by atoms with Crippen LogP contribution in [0.4, 0.5) is 5.69 Å². The molecule has 2 N–H and O–H groups in total. The maximum Gasteiger partial charge on any atom is 0.237 e. The lowest BCUT2D eigenvalue weighted by molar-refractivity contribution is -0.115. The summed E-state index contributed by atoms with van der Waals surface area (Å²) < 4.78 is 5.49. The van der Waals surface area contributed by atoms with Gasteiger partial charge in [0.05, 0.1) is 34.1 Å². The fourth-order valence-electron chi connectivity index (χ4n) is 2.42. The summed E-state index contributed by atoms with van der Waals surface area (Å²) in [5, 5.41) is 12.2. The first kappa shape index (κ1) is 17.8. The molecule has 0 aliphatic rings. The maximum atomic E-state index is 12.4. The third kappa shape index (κ3) is 3.98. The fraction of sp³-hybridized carbons (Fsp3) is 0.211. The van der Waals surface area contributed by atoms with E-state index < -0.39 is 0 Å². The van der Waals surface area contributed by atoms with Gasteiger partial charge >= 0.3 is 0 Å². The van der Waals surface area contributed by atoms with Gasteiger partial charge in [0.25, 0.3) is 0 Å². The summed E-state index contributed by atoms with van der Waals surface area (Å²) in [5.74, 6) is 0.590. The third-order valence-electron chi connectivity index (χ3n) is 3.71. The van der Waals surface area contributed by atoms with Crippen molar-refractivity contribution in [1.82, 2.24) is 9.97 Å². The Labute approximate surface area is 155 Å². The summed E-state index contributed by atoms with van der Waals surface area (Å²) in [4.78, 5) is 20.1. The number of imidazole rings is 1. The zero-order valence-corrected chi connectivity index (χ0v) is 15.3. The van der Waals surface area contributed by atoms with E-state index in [1.54, 1.807) is 31.2 Å². The maximum absolute atomic E-state index is 12.4. The molecule has 1 heterocycles. The molecule has 0 radical (unpaired) electrons. The van der Waals surface area contributed by atoms with Crippen molar-refractivity contribution >= 4 is 34.4 Å². The van der Waals surface area contributed by atoms with Crippen molar-refractivity contribution in [2.45, 2.75) is 24.3 Å². The second-order valence-electron chi connectivity index (χ2n) is 5.56. The van der Waals surface area contributed by atoms with E-state index in [1.165, 1.54) is 11.8 Å². The van der Waals surface area contributed by atoms with Gasteiger partial charge in [0.1, 0.15) is 11.8 Å². The predicted octanol–water partition coefficient (Wildman–Crippen LogP) is 3.95. The Morgan fingerprint density at radius 2 is 2.19 bits per heavy atom. The third-order valence-corrected chi connectivity index (χ3v) is 4.69. The number of nitrogens with one attached hydrogen (secondary N) is 2. The minimum Gasteiger partial charge on any atom is -0.494 e. The van der Waals surface area contributed by atoms with Crippen LogP contribution in [0.5, 0.6) is 5.75 Å². The Morgan fingerprint density at radius 3 is 2.96 bits per heavy atom. The molecular formula is C19H18N4O2S. The molecule has 7 heteroatoms. The zero-order chi connectivity index (χ0) is 18.5. The van der Waals surface area contributed by atoms with Crippen LogP contribution >= 0.6 is 11.8 Å². The number of nitriles is 1. The quantitative estimate of drug-likeness (QED) is 0.645. The smallest absolute Gasteiger partial charge is 0.237 e. The molecule has 1 atom stereocenters. The van der Waals surface area contributed by atoms with Crippen LogP contribution in [0.25, 0.3) is 11.0 Å². The van der Waals surface area contributed by atoms with Gasteiger partial charge in [-0.1, -0.05) is 23.9 Å². The first-order valence-corrected chi connectivity index (χ1v) is 9.08. The predicted molar refractivity (Wildman–Crippen MR) is 102 cm³/mol. The highest BCUT2D eigenvalue weighted by Gasteiger charge is 2.18. The molecular weight excluding hydrogens is 348 g/mol. The molecule has 26 heavy (non-hydrogen) atoms. The normalized spacial score (nSPS) is 11.7. The molecule has 0 bridgehead atoms. The summed E-state index contributed by atoms with van der Waals surface area (Å²) in [6.45, 7) is 4.33. The number of H-pyrrole nitrogens is 1. The lowest BCUT2D eigenvalue weighted by Crippen LogP contribution is -2.23. The van der Waals surface area contributed by atoms with Crippen molar-refractivity contribution in [3.05, 3.63) is 48.0 Å². The molecule has 0 saturated carbocycles. The zero-order valence-electron chi connectivity index (χ0n) is 14.4. The number of carbonyl (C=O) groups excluding carboxylic acids is 1. The Bertz CT molecular complexity index is 977. The van der Waals surface area contributed by atoms with Crippen LogP contribution in [-0.2, 0) is 4.79 Å². The molecule has 3 rings (SSSR count). The number of rotatable bonds is 6. The number of aromatic amines is 1. The van der Waals surface area contributed by atoms with Crippen molar-refractivity contribution in [3.63, 3.8) is 0 Å². The average molecular weight is 366 g/mol. The fourth-order valence-corrected chi connectivity index (χ4v) is 3.24. The van der Waals surface area contributed by atoms with Crippen LogP contribution < -0.4 is 10.1 Å². The van der Waals surface area contributed by atoms with E-state index in [4.69, 9.17) is 10.00 Å². The van der Waals surface area contributed by atoms with Gasteiger partial charge in [0.15, 0.2) is 5.16 Å². The average Bonchev–Trinajstić information content (AvgIpc) is 3.03. The number of hydrogen-bond donors (Lipinski definition) is 2. The van der Waals surface area contributed by atoms with Crippen molar-refractivity contribution in [2.75, 3.05) is 11.9 Å². The number of carbonyl (C=O) groups is 1. The molecule has 132 valence electrons. The summed E-state index contributed by atoms with van der Waals surface area (Å²) in [6, 6.07) is 14.6. The van der Waals surface area contributed by atoms with Gasteiger partial charge in [-0.2, -0.15) is 5.26 Å². The SMILES string of the molecule is CCOc1ccc2nc(SC(C)C(=O)Nc3ccccc3C#N)[nH]c2c1. The molecule has 0 aliphatic carbocycles. The molecule has 2 aromatic carbocycles. The number of anilines is 1. The second-order valence-corrected chi connectivity index (χ2v) is 6.89. The molecule has 1 amide bonds. The van der Waals surface area contributed by atoms with Crippen LogP contribution in [-0.4, -0.2) is 27.7 Å². The largest absolute Gasteiger partial charge is 0.494 e. The number of amides is 1. The Morgan fingerprint density at radius 1 is 1.38 bits per heavy atom. The second kappa shape index (κ2) is 7.93. The topological polar surface area (TPSA) is 90.8 Å². The summed E-state index contributed by atoms with van der Waals surface area (Å²) >= 11 is 1.33. The van der Waals surface area contributed by atoms with E-state index in [1.807, 2.05) is 25.1 Å². The van der Waals surface area contributed by atoms with Gasteiger partial charge in [-0.15, -0.1) is 0 Å². The van der Waals surface area contributed by atoms with E-state index in [0.717, 1.165) is 16.8 Å². The number of benzene rings is 2. The van der Waals surface area contributed by atoms with E-state index in [-0.39, 0.29) is 11.2 Å². The molecule has 0 fully saturated rings. The van der Waals surface area contributed by atoms with Gasteiger partial charge in [-0.05, 0) is 38.1 Å². The number of hydrogen-bond acceptors (Lipinski definition) is 5. The highest BCUT2D eigenvalue weighted by molar-refractivity contribution is 8.00. The minimum atomic E-state index is -0.381. The standard InChI is InChI=1S/C19H18N4O2S/c1-3-25-14-8-9-16-17(10-14)23-19(22-16)26-12(2)18(24)21-15-7-5-4-6-13(15)11-20/h4-10,12H,3H2,1-2H3,(H,21,24)(H,22,23). The lowest BCUT2D eigenvalue weighted by atomic mass is 10.2. The summed E-state index contributed by atoms with van der Waals surface area (Å²) in [7, 11) is 0. The van der Waals surface area contributed by atoms with Crippen LogP contribution in [0.3, 0.4) is 0 Å². The molecule has 1 aromatic heterocycles. The van der Waals surface area contributed by atoms with Crippen LogP contribution in [0.2, 0.25) is 0 Å². The number of aromatic nitrogens is 2. The number of ether oxygens (including phenoxy) is 1. The van der Waals surface area contributed by atoms with Gasteiger partial charge in [-0.3, -0.25) is 4.79 Å². The van der Waals surface area contributed by atoms with Gasteiger partial charge < -0.3 is 15.0 Å². The Balaban J connectivity index is 1.70. The first-order valence-electron chi connectivity index (χ1n) is 8.20. The molecule has 0 spiro atoms. The van der Waals surface area contributed by atoms with Crippen molar-refractivity contribution in [1.29, 1.82) is 5.26 Å². The Kier molecular flexibility index (Phi) is 5.44. The highest BCUT2D eigenvalue weighted by Crippen LogP contribution is 2.26. The minimum absolute atomic E-state index is 0.187. The van der Waals surface area contributed by atoms with Crippen LogP contribution in [0.1, 0.15) is 19.4 Å². The van der Waals surface area contributed by atoms with Crippen LogP contribution in [0, 0.1) is 11.3 Å². The van der Waals surface area contributed by atoms with Crippen molar-refractivity contribution < 1.29 is 9.53 Å². The molecule has 1 unspecified atom stereocenters. The van der Waals surface area contributed by atoms with Gasteiger partial charge in [-0.25, -0.2) is 4.98 Å². The number of thioether (sulfide) groups is 1. The van der Waals surface area contributed by atoms with Crippen LogP contribution in [0.15, 0.2) is 47.6 Å². The highest BCUT2D eigenvalue weighted by atomic mass is 32.2. The lowest BCUT2D eigenvalue weighted by Gasteiger charge is -2.11. The number of fused-ring (bicyclic) bond motifs is 1.